The number of nitrogens with zero attached hydrogens (tertiary/aromatic N) is 5. The quantitative estimate of drug-likeness (QED) is 0.523. The summed E-state index contributed by atoms with van der Waals surface area (Å²) in [4.78, 5) is 10.1. The Kier molecular flexibility index (Phi) is 7.44. The molecule has 1 aliphatic heterocycles. The van der Waals surface area contributed by atoms with Crippen LogP contribution in [-0.4, -0.2) is 51.3 Å². The molecule has 8 heteroatoms. The number of hydrogen-bond acceptors (Lipinski definition) is 5. The van der Waals surface area contributed by atoms with Gasteiger partial charge >= 0.3 is 0 Å². The fourth-order valence-electron chi connectivity index (χ4n) is 3.55. The van der Waals surface area contributed by atoms with Crippen LogP contribution in [0.5, 0.6) is 0 Å². The minimum Gasteiger partial charge on any atom is -0.355 e. The second kappa shape index (κ2) is 10.0. The Morgan fingerprint density at radius 1 is 1.25 bits per heavy atom. The van der Waals surface area contributed by atoms with Crippen molar-refractivity contribution in [3.8, 4) is 0 Å². The van der Waals surface area contributed by atoms with E-state index in [1.807, 2.05) is 29.9 Å². The van der Waals surface area contributed by atoms with Crippen molar-refractivity contribution in [3.63, 3.8) is 0 Å². The minimum absolute atomic E-state index is 0.513. The number of aliphatic imine (C=N–C) groups is 1. The second-order valence-electron chi connectivity index (χ2n) is 7.27. The normalized spacial score (nSPS) is 18.0. The van der Waals surface area contributed by atoms with Gasteiger partial charge in [-0.2, -0.15) is 0 Å². The molecule has 0 amide bonds. The largest absolute Gasteiger partial charge is 0.355 e. The number of likely N-dealkylation sites (N-methyl/N-ethyl adjacent to an activating group) is 1. The fraction of sp³-hybridized carbons (Fsp3) is 0.650. The zero-order valence-electron chi connectivity index (χ0n) is 17.5. The van der Waals surface area contributed by atoms with Crippen molar-refractivity contribution in [1.82, 2.24) is 30.3 Å². The molecule has 1 fully saturated rings. The Labute approximate surface area is 172 Å². The van der Waals surface area contributed by atoms with Gasteiger partial charge in [0.05, 0.1) is 6.54 Å². The number of likely N-dealkylation sites (tertiary alicyclic amines) is 1. The lowest BCUT2D eigenvalue weighted by Crippen LogP contribution is -2.44. The maximum absolute atomic E-state index is 4.78. The van der Waals surface area contributed by atoms with E-state index in [9.17, 15) is 0 Å². The molecule has 28 heavy (non-hydrogen) atoms. The summed E-state index contributed by atoms with van der Waals surface area (Å²) < 4.78 is 1.99. The summed E-state index contributed by atoms with van der Waals surface area (Å²) >= 11 is 1.86. The van der Waals surface area contributed by atoms with Crippen LogP contribution in [0.4, 0.5) is 0 Å². The van der Waals surface area contributed by atoms with E-state index in [0.29, 0.717) is 12.6 Å². The molecule has 2 N–H and O–H groups in total. The van der Waals surface area contributed by atoms with Crippen molar-refractivity contribution in [2.75, 3.05) is 19.6 Å². The van der Waals surface area contributed by atoms with Crippen LogP contribution in [0.2, 0.25) is 0 Å². The molecule has 1 aliphatic rings. The molecule has 2 aromatic heterocycles. The van der Waals surface area contributed by atoms with Crippen molar-refractivity contribution in [2.24, 2.45) is 12.0 Å². The van der Waals surface area contributed by atoms with E-state index in [1.54, 1.807) is 0 Å². The third-order valence-electron chi connectivity index (χ3n) is 5.47. The molecule has 0 radical (unpaired) electrons. The molecule has 7 nitrogen and oxygen atoms in total. The summed E-state index contributed by atoms with van der Waals surface area (Å²) in [6.45, 7) is 10.9. The van der Waals surface area contributed by atoms with Crippen LogP contribution in [0, 0.1) is 6.92 Å². The Balaban J connectivity index is 1.63. The number of rotatable bonds is 8. The van der Waals surface area contributed by atoms with Crippen LogP contribution in [0.25, 0.3) is 0 Å². The van der Waals surface area contributed by atoms with Gasteiger partial charge in [-0.15, -0.1) is 21.5 Å². The SMILES string of the molecule is CCc1ccc(CNC(=NCc2nnc(C)n2C)NCC2CCCN2CC)s1. The molecule has 0 aromatic carbocycles. The Hall–Kier alpha value is -1.93. The van der Waals surface area contributed by atoms with Gasteiger partial charge < -0.3 is 15.2 Å². The molecule has 0 spiro atoms. The zero-order chi connectivity index (χ0) is 19.9. The number of thiophene rings is 1. The van der Waals surface area contributed by atoms with Crippen molar-refractivity contribution < 1.29 is 0 Å². The standard InChI is InChI=1S/C20H33N7S/c1-5-17-9-10-18(28-17)13-22-20(21-12-16-8-7-11-27(16)6-2)23-14-19-25-24-15(3)26(19)4/h9-10,16H,5-8,11-14H2,1-4H3,(H2,21,22,23). The van der Waals surface area contributed by atoms with E-state index >= 15 is 0 Å². The Bertz CT molecular complexity index is 779. The highest BCUT2D eigenvalue weighted by atomic mass is 32.1. The molecule has 0 saturated carbocycles. The van der Waals surface area contributed by atoms with Gasteiger partial charge in [0.15, 0.2) is 11.8 Å². The lowest BCUT2D eigenvalue weighted by atomic mass is 10.2. The first-order valence-corrected chi connectivity index (χ1v) is 11.1. The van der Waals surface area contributed by atoms with Crippen molar-refractivity contribution >= 4 is 17.3 Å². The highest BCUT2D eigenvalue weighted by Gasteiger charge is 2.22. The smallest absolute Gasteiger partial charge is 0.192 e. The van der Waals surface area contributed by atoms with Gasteiger partial charge in [0.25, 0.3) is 0 Å². The highest BCUT2D eigenvalue weighted by molar-refractivity contribution is 7.11. The Morgan fingerprint density at radius 3 is 2.75 bits per heavy atom. The number of guanidine groups is 1. The van der Waals surface area contributed by atoms with Crippen molar-refractivity contribution in [2.45, 2.75) is 59.2 Å². The topological polar surface area (TPSA) is 70.4 Å². The third-order valence-corrected chi connectivity index (χ3v) is 6.70. The number of aryl methyl sites for hydroxylation is 2. The molecule has 0 aliphatic carbocycles. The molecule has 1 atom stereocenters. The molecule has 2 aromatic rings. The molecule has 0 bridgehead atoms. The molecular weight excluding hydrogens is 370 g/mol. The lowest BCUT2D eigenvalue weighted by Gasteiger charge is -2.24. The number of hydrogen-bond donors (Lipinski definition) is 2. The van der Waals surface area contributed by atoms with Gasteiger partial charge in [-0.05, 0) is 51.4 Å². The van der Waals surface area contributed by atoms with E-state index in [1.165, 1.54) is 29.1 Å². The van der Waals surface area contributed by atoms with Crippen LogP contribution >= 0.6 is 11.3 Å². The van der Waals surface area contributed by atoms with Gasteiger partial charge in [-0.25, -0.2) is 4.99 Å². The summed E-state index contributed by atoms with van der Waals surface area (Å²) in [5.41, 5.74) is 0. The van der Waals surface area contributed by atoms with Gasteiger partial charge in [-0.3, -0.25) is 4.90 Å². The predicted octanol–water partition coefficient (Wildman–Crippen LogP) is 2.47. The summed E-state index contributed by atoms with van der Waals surface area (Å²) in [6.07, 6.45) is 3.62. The Morgan fingerprint density at radius 2 is 2.07 bits per heavy atom. The predicted molar refractivity (Wildman–Crippen MR) is 116 cm³/mol. The van der Waals surface area contributed by atoms with Crippen LogP contribution in [0.15, 0.2) is 17.1 Å². The summed E-state index contributed by atoms with van der Waals surface area (Å²) in [6, 6.07) is 5.00. The first-order chi connectivity index (χ1) is 13.6. The minimum atomic E-state index is 0.513. The lowest BCUT2D eigenvalue weighted by molar-refractivity contribution is 0.267. The van der Waals surface area contributed by atoms with E-state index in [0.717, 1.165) is 43.7 Å². The first kappa shape index (κ1) is 20.8. The second-order valence-corrected chi connectivity index (χ2v) is 8.52. The van der Waals surface area contributed by atoms with E-state index < -0.39 is 0 Å². The fourth-order valence-corrected chi connectivity index (χ4v) is 4.45. The van der Waals surface area contributed by atoms with Crippen LogP contribution in [0.3, 0.4) is 0 Å². The maximum Gasteiger partial charge on any atom is 0.192 e. The van der Waals surface area contributed by atoms with Gasteiger partial charge in [0.2, 0.25) is 0 Å². The van der Waals surface area contributed by atoms with Crippen LogP contribution in [0.1, 0.15) is 48.1 Å². The zero-order valence-corrected chi connectivity index (χ0v) is 18.3. The van der Waals surface area contributed by atoms with Crippen molar-refractivity contribution in [1.29, 1.82) is 0 Å². The van der Waals surface area contributed by atoms with Crippen LogP contribution in [-0.2, 0) is 26.6 Å². The molecule has 1 saturated heterocycles. The third kappa shape index (κ3) is 5.32. The van der Waals surface area contributed by atoms with Crippen molar-refractivity contribution in [3.05, 3.63) is 33.5 Å². The van der Waals surface area contributed by atoms with Crippen LogP contribution < -0.4 is 10.6 Å². The first-order valence-electron chi connectivity index (χ1n) is 10.3. The molecular formula is C20H33N7S. The number of nitrogens with one attached hydrogen (secondary N) is 2. The number of aromatic nitrogens is 3. The highest BCUT2D eigenvalue weighted by Crippen LogP contribution is 2.17. The average Bonchev–Trinajstić information content (AvgIpc) is 3.43. The molecule has 3 rings (SSSR count). The maximum atomic E-state index is 4.78. The van der Waals surface area contributed by atoms with Gasteiger partial charge in [-0.1, -0.05) is 13.8 Å². The summed E-state index contributed by atoms with van der Waals surface area (Å²) in [7, 11) is 1.98. The molecule has 1 unspecified atom stereocenters. The average molecular weight is 404 g/mol. The van der Waals surface area contributed by atoms with E-state index in [-0.39, 0.29) is 0 Å². The summed E-state index contributed by atoms with van der Waals surface area (Å²) in [5, 5.41) is 15.4. The molecule has 3 heterocycles. The molecule has 154 valence electrons. The monoisotopic (exact) mass is 403 g/mol. The van der Waals surface area contributed by atoms with E-state index in [2.05, 4.69) is 51.7 Å². The summed E-state index contributed by atoms with van der Waals surface area (Å²) in [5.74, 6) is 2.62. The van der Waals surface area contributed by atoms with Gasteiger partial charge in [0.1, 0.15) is 12.4 Å². The van der Waals surface area contributed by atoms with E-state index in [4.69, 9.17) is 4.99 Å². The van der Waals surface area contributed by atoms with Gasteiger partial charge in [0, 0.05) is 29.4 Å².